The number of amides is 3. The molecule has 1 atom stereocenters. The fraction of sp³-hybridized carbons (Fsp3) is 0.600. The quantitative estimate of drug-likeness (QED) is 0.736. The summed E-state index contributed by atoms with van der Waals surface area (Å²) < 4.78 is 0. The van der Waals surface area contributed by atoms with E-state index in [0.29, 0.717) is 0 Å². The van der Waals surface area contributed by atoms with Crippen molar-refractivity contribution in [2.24, 2.45) is 17.1 Å². The molecule has 0 aliphatic heterocycles. The Labute approximate surface area is 151 Å². The molecule has 3 amide bonds. The first kappa shape index (κ1) is 21.0. The number of nitrogens with two attached hydrogens (primary N) is 1. The molecule has 1 rings (SSSR count). The Morgan fingerprint density at radius 2 is 1.56 bits per heavy atom. The molecule has 0 aromatic heterocycles. The molecular formula is C20H33N3O2. The SMILES string of the molecule is CC(C)C(NC(=O)NCC(C)(C)C(N)=O)c1ccc(C(C)(C)C)cc1. The summed E-state index contributed by atoms with van der Waals surface area (Å²) in [5.74, 6) is -0.207. The van der Waals surface area contributed by atoms with E-state index in [0.717, 1.165) is 5.56 Å². The summed E-state index contributed by atoms with van der Waals surface area (Å²) in [6.45, 7) is 14.3. The molecule has 0 fully saturated rings. The summed E-state index contributed by atoms with van der Waals surface area (Å²) in [5, 5.41) is 5.74. The van der Waals surface area contributed by atoms with Crippen LogP contribution in [0.3, 0.4) is 0 Å². The van der Waals surface area contributed by atoms with E-state index >= 15 is 0 Å². The highest BCUT2D eigenvalue weighted by Crippen LogP contribution is 2.26. The highest BCUT2D eigenvalue weighted by molar-refractivity contribution is 5.81. The maximum absolute atomic E-state index is 12.3. The van der Waals surface area contributed by atoms with Crippen LogP contribution in [0.2, 0.25) is 0 Å². The molecule has 0 saturated heterocycles. The number of nitrogens with one attached hydrogen (secondary N) is 2. The molecule has 4 N–H and O–H groups in total. The van der Waals surface area contributed by atoms with Gasteiger partial charge in [0.2, 0.25) is 5.91 Å². The minimum Gasteiger partial charge on any atom is -0.369 e. The Morgan fingerprint density at radius 3 is 1.96 bits per heavy atom. The molecule has 0 aliphatic rings. The minimum atomic E-state index is -0.779. The highest BCUT2D eigenvalue weighted by atomic mass is 16.2. The van der Waals surface area contributed by atoms with Crippen molar-refractivity contribution in [3.63, 3.8) is 0 Å². The molecule has 0 heterocycles. The molecule has 0 aliphatic carbocycles. The van der Waals surface area contributed by atoms with Crippen LogP contribution in [0.25, 0.3) is 0 Å². The topological polar surface area (TPSA) is 84.2 Å². The van der Waals surface area contributed by atoms with Gasteiger partial charge >= 0.3 is 6.03 Å². The summed E-state index contributed by atoms with van der Waals surface area (Å²) in [4.78, 5) is 23.6. The van der Waals surface area contributed by atoms with Crippen LogP contribution < -0.4 is 16.4 Å². The second-order valence-corrected chi connectivity index (χ2v) is 8.67. The van der Waals surface area contributed by atoms with Crippen LogP contribution in [0, 0.1) is 11.3 Å². The predicted octanol–water partition coefficient (Wildman–Crippen LogP) is 3.49. The summed E-state index contributed by atoms with van der Waals surface area (Å²) in [7, 11) is 0. The van der Waals surface area contributed by atoms with Gasteiger partial charge in [-0.25, -0.2) is 4.79 Å². The summed E-state index contributed by atoms with van der Waals surface area (Å²) in [5.41, 5.74) is 6.97. The van der Waals surface area contributed by atoms with Crippen LogP contribution in [-0.2, 0) is 10.2 Å². The Bertz CT molecular complexity index is 598. The molecule has 140 valence electrons. The first-order valence-corrected chi connectivity index (χ1v) is 8.79. The van der Waals surface area contributed by atoms with E-state index in [-0.39, 0.29) is 30.0 Å². The Morgan fingerprint density at radius 1 is 1.04 bits per heavy atom. The molecule has 25 heavy (non-hydrogen) atoms. The molecule has 0 spiro atoms. The zero-order valence-electron chi connectivity index (χ0n) is 16.6. The van der Waals surface area contributed by atoms with E-state index in [1.165, 1.54) is 5.56 Å². The van der Waals surface area contributed by atoms with E-state index in [4.69, 9.17) is 5.73 Å². The van der Waals surface area contributed by atoms with Crippen molar-refractivity contribution < 1.29 is 9.59 Å². The minimum absolute atomic E-state index is 0.0943. The lowest BCUT2D eigenvalue weighted by Crippen LogP contribution is -2.47. The van der Waals surface area contributed by atoms with Crippen LogP contribution in [0.5, 0.6) is 0 Å². The average Bonchev–Trinajstić information content (AvgIpc) is 2.49. The number of primary amides is 1. The zero-order chi connectivity index (χ0) is 19.4. The third-order valence-corrected chi connectivity index (χ3v) is 4.45. The van der Waals surface area contributed by atoms with E-state index in [1.807, 2.05) is 0 Å². The molecule has 0 radical (unpaired) electrons. The van der Waals surface area contributed by atoms with Gasteiger partial charge in [0.25, 0.3) is 0 Å². The lowest BCUT2D eigenvalue weighted by Gasteiger charge is -2.26. The molecule has 5 heteroatoms. The molecule has 1 aromatic carbocycles. The smallest absolute Gasteiger partial charge is 0.315 e. The van der Waals surface area contributed by atoms with Crippen molar-refractivity contribution in [1.29, 1.82) is 0 Å². The average molecular weight is 348 g/mol. The van der Waals surface area contributed by atoms with E-state index in [1.54, 1.807) is 13.8 Å². The van der Waals surface area contributed by atoms with Gasteiger partial charge < -0.3 is 16.4 Å². The van der Waals surface area contributed by atoms with Crippen LogP contribution in [0.15, 0.2) is 24.3 Å². The van der Waals surface area contributed by atoms with E-state index < -0.39 is 11.3 Å². The van der Waals surface area contributed by atoms with Gasteiger partial charge in [-0.15, -0.1) is 0 Å². The van der Waals surface area contributed by atoms with Crippen LogP contribution >= 0.6 is 0 Å². The summed E-state index contributed by atoms with van der Waals surface area (Å²) in [6.07, 6.45) is 0. The number of benzene rings is 1. The lowest BCUT2D eigenvalue weighted by molar-refractivity contribution is -0.125. The van der Waals surface area contributed by atoms with Gasteiger partial charge in [-0.3, -0.25) is 4.79 Å². The monoisotopic (exact) mass is 347 g/mol. The first-order valence-electron chi connectivity index (χ1n) is 8.79. The molecule has 0 saturated carbocycles. The second kappa shape index (κ2) is 7.89. The number of carbonyl (C=O) groups excluding carboxylic acids is 2. The van der Waals surface area contributed by atoms with Crippen molar-refractivity contribution in [3.8, 4) is 0 Å². The summed E-state index contributed by atoms with van der Waals surface area (Å²) >= 11 is 0. The highest BCUT2D eigenvalue weighted by Gasteiger charge is 2.26. The van der Waals surface area contributed by atoms with E-state index in [9.17, 15) is 9.59 Å². The largest absolute Gasteiger partial charge is 0.369 e. The normalized spacial score (nSPS) is 13.4. The maximum Gasteiger partial charge on any atom is 0.315 e. The zero-order valence-corrected chi connectivity index (χ0v) is 16.6. The fourth-order valence-corrected chi connectivity index (χ4v) is 2.41. The third kappa shape index (κ3) is 6.07. The van der Waals surface area contributed by atoms with Crippen molar-refractivity contribution in [2.75, 3.05) is 6.54 Å². The molecule has 5 nitrogen and oxygen atoms in total. The number of urea groups is 1. The van der Waals surface area contributed by atoms with Gasteiger partial charge in [0.1, 0.15) is 0 Å². The molecule has 1 aromatic rings. The van der Waals surface area contributed by atoms with E-state index in [2.05, 4.69) is 69.5 Å². The fourth-order valence-electron chi connectivity index (χ4n) is 2.41. The predicted molar refractivity (Wildman–Crippen MR) is 102 cm³/mol. The van der Waals surface area contributed by atoms with Gasteiger partial charge in [-0.05, 0) is 36.3 Å². The van der Waals surface area contributed by atoms with Crippen LogP contribution in [0.4, 0.5) is 4.79 Å². The van der Waals surface area contributed by atoms with Gasteiger partial charge in [0.05, 0.1) is 11.5 Å². The van der Waals surface area contributed by atoms with Gasteiger partial charge in [-0.1, -0.05) is 58.9 Å². The Hall–Kier alpha value is -2.04. The molecule has 1 unspecified atom stereocenters. The number of carbonyl (C=O) groups is 2. The number of hydrogen-bond acceptors (Lipinski definition) is 2. The Kier molecular flexibility index (Phi) is 6.63. The first-order chi connectivity index (χ1) is 11.3. The second-order valence-electron chi connectivity index (χ2n) is 8.67. The van der Waals surface area contributed by atoms with Gasteiger partial charge in [0, 0.05) is 6.54 Å². The van der Waals surface area contributed by atoms with Crippen molar-refractivity contribution in [2.45, 2.75) is 59.9 Å². The van der Waals surface area contributed by atoms with Crippen LogP contribution in [0.1, 0.15) is 65.6 Å². The number of rotatable bonds is 6. The number of hydrogen-bond donors (Lipinski definition) is 3. The lowest BCUT2D eigenvalue weighted by atomic mass is 9.85. The van der Waals surface area contributed by atoms with Gasteiger partial charge in [0.15, 0.2) is 0 Å². The third-order valence-electron chi connectivity index (χ3n) is 4.45. The van der Waals surface area contributed by atoms with Crippen LogP contribution in [-0.4, -0.2) is 18.5 Å². The summed E-state index contributed by atoms with van der Waals surface area (Å²) in [6, 6.07) is 7.96. The standard InChI is InChI=1S/C20H33N3O2/c1-13(2)16(14-8-10-15(11-9-14)19(3,4)5)23-18(25)22-12-20(6,7)17(21)24/h8-11,13,16H,12H2,1-7H3,(H2,21,24)(H2,22,23,25). The van der Waals surface area contributed by atoms with Crippen molar-refractivity contribution >= 4 is 11.9 Å². The van der Waals surface area contributed by atoms with Crippen molar-refractivity contribution in [3.05, 3.63) is 35.4 Å². The van der Waals surface area contributed by atoms with Crippen molar-refractivity contribution in [1.82, 2.24) is 10.6 Å². The molecular weight excluding hydrogens is 314 g/mol. The maximum atomic E-state index is 12.3. The molecule has 0 bridgehead atoms. The Balaban J connectivity index is 2.81. The van der Waals surface area contributed by atoms with Gasteiger partial charge in [-0.2, -0.15) is 0 Å².